The van der Waals surface area contributed by atoms with Crippen LogP contribution in [-0.2, 0) is 14.3 Å². The Morgan fingerprint density at radius 3 is 2.65 bits per heavy atom. The first kappa shape index (κ1) is 14.5. The molecule has 0 aromatic rings. The fraction of sp³-hybridized carbons (Fsp3) is 0.818. The predicted octanol–water partition coefficient (Wildman–Crippen LogP) is 0.221. The van der Waals surface area contributed by atoms with Gasteiger partial charge in [-0.1, -0.05) is 0 Å². The maximum Gasteiger partial charge on any atom is 0.242 e. The first-order chi connectivity index (χ1) is 7.87. The van der Waals surface area contributed by atoms with Gasteiger partial charge in [-0.15, -0.1) is 0 Å². The second-order valence-corrected chi connectivity index (χ2v) is 5.31. The van der Waals surface area contributed by atoms with E-state index in [1.807, 2.05) is 13.8 Å². The van der Waals surface area contributed by atoms with Crippen molar-refractivity contribution in [3.05, 3.63) is 0 Å². The van der Waals surface area contributed by atoms with Gasteiger partial charge in [0.1, 0.15) is 0 Å². The van der Waals surface area contributed by atoms with Gasteiger partial charge in [0, 0.05) is 13.0 Å². The van der Waals surface area contributed by atoms with Crippen molar-refractivity contribution in [1.29, 1.82) is 0 Å². The zero-order chi connectivity index (χ0) is 13.1. The molecule has 0 saturated carbocycles. The van der Waals surface area contributed by atoms with E-state index in [0.717, 1.165) is 0 Å². The fourth-order valence-corrected chi connectivity index (χ4v) is 1.95. The molecule has 0 aromatic carbocycles. The normalized spacial score (nSPS) is 21.4. The van der Waals surface area contributed by atoms with Crippen molar-refractivity contribution in [3.63, 3.8) is 0 Å². The topological polar surface area (TPSA) is 66.8 Å². The molecular weight excluding hydrogens is 242 g/mol. The second-order valence-electron chi connectivity index (χ2n) is 4.69. The number of carbonyl (C=O) groups excluding carboxylic acids is 2. The number of imide groups is 1. The van der Waals surface area contributed by atoms with Crippen molar-refractivity contribution in [3.8, 4) is 0 Å². The van der Waals surface area contributed by atoms with Crippen molar-refractivity contribution in [2.75, 3.05) is 19.8 Å². The summed E-state index contributed by atoms with van der Waals surface area (Å²) in [6.45, 7) is 4.30. The van der Waals surface area contributed by atoms with Crippen LogP contribution in [0.1, 0.15) is 26.7 Å². The van der Waals surface area contributed by atoms with E-state index >= 15 is 0 Å². The minimum atomic E-state index is -0.507. The Labute approximate surface area is 107 Å². The van der Waals surface area contributed by atoms with Gasteiger partial charge in [-0.2, -0.15) is 12.6 Å². The Hall–Kier alpha value is -0.590. The van der Waals surface area contributed by atoms with E-state index in [-0.39, 0.29) is 38.0 Å². The lowest BCUT2D eigenvalue weighted by Gasteiger charge is -2.25. The number of likely N-dealkylation sites (tertiary alicyclic amines) is 1. The van der Waals surface area contributed by atoms with E-state index in [1.54, 1.807) is 0 Å². The summed E-state index contributed by atoms with van der Waals surface area (Å²) in [5, 5.41) is 8.32. The number of aliphatic hydroxyl groups excluding tert-OH is 1. The molecule has 1 aliphatic heterocycles. The van der Waals surface area contributed by atoms with Crippen molar-refractivity contribution in [1.82, 2.24) is 4.90 Å². The number of hydrogen-bond donors (Lipinski definition) is 2. The number of carbonyl (C=O) groups is 2. The molecule has 0 aromatic heterocycles. The number of thiol groups is 1. The zero-order valence-electron chi connectivity index (χ0n) is 10.2. The average Bonchev–Trinajstić information content (AvgIpc) is 2.44. The van der Waals surface area contributed by atoms with Crippen LogP contribution in [0, 0.1) is 0 Å². The molecule has 1 rings (SSSR count). The highest BCUT2D eigenvalue weighted by Gasteiger charge is 2.36. The van der Waals surface area contributed by atoms with E-state index in [1.165, 1.54) is 4.90 Å². The Kier molecular flexibility index (Phi) is 4.97. The van der Waals surface area contributed by atoms with E-state index < -0.39 is 10.9 Å². The number of rotatable bonds is 6. The average molecular weight is 261 g/mol. The number of nitrogens with zero attached hydrogens (tertiary/aromatic N) is 1. The second kappa shape index (κ2) is 5.84. The van der Waals surface area contributed by atoms with Crippen molar-refractivity contribution >= 4 is 24.4 Å². The van der Waals surface area contributed by atoms with Crippen LogP contribution in [0.25, 0.3) is 0 Å². The number of hydrogen-bond acceptors (Lipinski definition) is 5. The summed E-state index contributed by atoms with van der Waals surface area (Å²) in [5.41, 5.74) is -0.444. The predicted molar refractivity (Wildman–Crippen MR) is 65.8 cm³/mol. The quantitative estimate of drug-likeness (QED) is 0.530. The first-order valence-corrected chi connectivity index (χ1v) is 6.16. The molecule has 0 bridgehead atoms. The minimum Gasteiger partial charge on any atom is -0.396 e. The molecule has 6 heteroatoms. The summed E-state index contributed by atoms with van der Waals surface area (Å²) >= 11 is 4.03. The summed E-state index contributed by atoms with van der Waals surface area (Å²) in [7, 11) is 0. The van der Waals surface area contributed by atoms with Gasteiger partial charge >= 0.3 is 0 Å². The van der Waals surface area contributed by atoms with Gasteiger partial charge < -0.3 is 9.84 Å². The third-order valence-corrected chi connectivity index (χ3v) is 3.15. The molecule has 0 spiro atoms. The van der Waals surface area contributed by atoms with Gasteiger partial charge in [0.05, 0.1) is 24.0 Å². The Balaban J connectivity index is 2.36. The Bertz CT molecular complexity index is 306. The van der Waals surface area contributed by atoms with Crippen molar-refractivity contribution in [2.45, 2.75) is 37.5 Å². The van der Waals surface area contributed by atoms with Crippen molar-refractivity contribution in [2.24, 2.45) is 0 Å². The fourth-order valence-electron chi connectivity index (χ4n) is 1.66. The minimum absolute atomic E-state index is 0.0489. The highest BCUT2D eigenvalue weighted by molar-refractivity contribution is 7.81. The smallest absolute Gasteiger partial charge is 0.242 e. The van der Waals surface area contributed by atoms with Gasteiger partial charge in [-0.3, -0.25) is 14.5 Å². The van der Waals surface area contributed by atoms with E-state index in [2.05, 4.69) is 12.6 Å². The van der Waals surface area contributed by atoms with E-state index in [0.29, 0.717) is 6.42 Å². The lowest BCUT2D eigenvalue weighted by atomic mass is 10.1. The van der Waals surface area contributed by atoms with Crippen LogP contribution in [0.4, 0.5) is 0 Å². The maximum atomic E-state index is 11.5. The summed E-state index contributed by atoms with van der Waals surface area (Å²) in [6.07, 6.45) is 0.687. The molecule has 17 heavy (non-hydrogen) atoms. The molecule has 5 nitrogen and oxygen atoms in total. The number of aliphatic hydroxyl groups is 1. The van der Waals surface area contributed by atoms with Gasteiger partial charge in [-0.05, 0) is 20.3 Å². The summed E-state index contributed by atoms with van der Waals surface area (Å²) in [5.74, 6) is -0.444. The maximum absolute atomic E-state index is 11.5. The molecule has 0 radical (unpaired) electrons. The monoisotopic (exact) mass is 261 g/mol. The third-order valence-electron chi connectivity index (χ3n) is 2.74. The summed E-state index contributed by atoms with van der Waals surface area (Å²) < 4.78 is 5.53. The Morgan fingerprint density at radius 2 is 2.18 bits per heavy atom. The third kappa shape index (κ3) is 3.97. The summed E-state index contributed by atoms with van der Waals surface area (Å²) in [4.78, 5) is 24.2. The highest BCUT2D eigenvalue weighted by atomic mass is 32.1. The first-order valence-electron chi connectivity index (χ1n) is 5.64. The van der Waals surface area contributed by atoms with Crippen LogP contribution < -0.4 is 0 Å². The van der Waals surface area contributed by atoms with E-state index in [4.69, 9.17) is 9.84 Å². The van der Waals surface area contributed by atoms with Crippen LogP contribution in [0.2, 0.25) is 0 Å². The Morgan fingerprint density at radius 1 is 1.53 bits per heavy atom. The molecular formula is C11H19NO4S. The standard InChI is InChI=1S/C11H19NO4S/c1-11(2,3-5-13)16-6-4-12-9(14)7-8(17)10(12)15/h8,13,17H,3-7H2,1-2H3. The molecule has 1 fully saturated rings. The summed E-state index contributed by atoms with van der Waals surface area (Å²) in [6, 6.07) is 0. The molecule has 1 N–H and O–H groups in total. The van der Waals surface area contributed by atoms with Gasteiger partial charge in [-0.25, -0.2) is 0 Å². The molecule has 1 saturated heterocycles. The molecule has 98 valence electrons. The molecule has 2 amide bonds. The van der Waals surface area contributed by atoms with Crippen LogP contribution in [0.3, 0.4) is 0 Å². The van der Waals surface area contributed by atoms with Gasteiger partial charge in [0.15, 0.2) is 0 Å². The van der Waals surface area contributed by atoms with Crippen LogP contribution in [0.5, 0.6) is 0 Å². The molecule has 1 aliphatic rings. The lowest BCUT2D eigenvalue weighted by molar-refractivity contribution is -0.140. The molecule has 1 unspecified atom stereocenters. The van der Waals surface area contributed by atoms with Crippen LogP contribution in [-0.4, -0.2) is 52.4 Å². The zero-order valence-corrected chi connectivity index (χ0v) is 11.1. The van der Waals surface area contributed by atoms with E-state index in [9.17, 15) is 9.59 Å². The molecule has 1 atom stereocenters. The number of ether oxygens (including phenoxy) is 1. The lowest BCUT2D eigenvalue weighted by Crippen LogP contribution is -2.36. The SMILES string of the molecule is CC(C)(CCO)OCCN1C(=O)CC(S)C1=O. The van der Waals surface area contributed by atoms with Gasteiger partial charge in [0.25, 0.3) is 0 Å². The van der Waals surface area contributed by atoms with Crippen molar-refractivity contribution < 1.29 is 19.4 Å². The van der Waals surface area contributed by atoms with Crippen LogP contribution >= 0.6 is 12.6 Å². The largest absolute Gasteiger partial charge is 0.396 e. The van der Waals surface area contributed by atoms with Gasteiger partial charge in [0.2, 0.25) is 11.8 Å². The van der Waals surface area contributed by atoms with Crippen LogP contribution in [0.15, 0.2) is 0 Å². The molecule has 1 heterocycles. The number of amides is 2. The highest BCUT2D eigenvalue weighted by Crippen LogP contribution is 2.18. The molecule has 0 aliphatic carbocycles.